The smallest absolute Gasteiger partial charge is 0.123 e. The molecule has 0 N–H and O–H groups in total. The van der Waals surface area contributed by atoms with Crippen LogP contribution in [0.2, 0.25) is 5.02 Å². The van der Waals surface area contributed by atoms with Gasteiger partial charge in [0.25, 0.3) is 0 Å². The van der Waals surface area contributed by atoms with Crippen molar-refractivity contribution in [2.75, 3.05) is 0 Å². The Balaban J connectivity index is 2.17. The molecule has 0 saturated carbocycles. The number of hydrogen-bond acceptors (Lipinski definition) is 0. The van der Waals surface area contributed by atoms with Gasteiger partial charge in [-0.05, 0) is 34.7 Å². The van der Waals surface area contributed by atoms with Crippen molar-refractivity contribution in [1.82, 2.24) is 0 Å². The fourth-order valence-corrected chi connectivity index (χ4v) is 3.26. The fourth-order valence-electron chi connectivity index (χ4n) is 2.35. The van der Waals surface area contributed by atoms with Crippen LogP contribution in [0.1, 0.15) is 16.0 Å². The molecular weight excluding hydrogens is 339 g/mol. The zero-order valence-electron chi connectivity index (χ0n) is 10.5. The van der Waals surface area contributed by atoms with Crippen molar-refractivity contribution in [2.24, 2.45) is 0 Å². The standard InChI is InChI=1S/C17H11BrClF/c18-17(11-4-3-5-12(20)10-11)15-8-9-16(19)14-7-2-1-6-13(14)15/h1-10,17H. The third kappa shape index (κ3) is 2.46. The minimum atomic E-state index is -0.231. The lowest BCUT2D eigenvalue weighted by molar-refractivity contribution is 0.626. The SMILES string of the molecule is Fc1cccc(C(Br)c2ccc(Cl)c3ccccc23)c1. The van der Waals surface area contributed by atoms with E-state index in [0.717, 1.165) is 26.9 Å². The quantitative estimate of drug-likeness (QED) is 0.489. The van der Waals surface area contributed by atoms with Crippen molar-refractivity contribution in [1.29, 1.82) is 0 Å². The normalized spacial score (nSPS) is 12.6. The van der Waals surface area contributed by atoms with Gasteiger partial charge in [0.2, 0.25) is 0 Å². The predicted octanol–water partition coefficient (Wildman–Crippen LogP) is 6.12. The molecule has 0 aromatic heterocycles. The number of halogens is 3. The van der Waals surface area contributed by atoms with Crippen LogP contribution in [0.3, 0.4) is 0 Å². The molecule has 0 spiro atoms. The summed E-state index contributed by atoms with van der Waals surface area (Å²) in [6, 6.07) is 18.4. The Morgan fingerprint density at radius 3 is 2.40 bits per heavy atom. The van der Waals surface area contributed by atoms with Gasteiger partial charge < -0.3 is 0 Å². The zero-order chi connectivity index (χ0) is 14.1. The molecule has 0 aliphatic carbocycles. The molecule has 0 nitrogen and oxygen atoms in total. The molecule has 0 fully saturated rings. The maximum Gasteiger partial charge on any atom is 0.123 e. The minimum Gasteiger partial charge on any atom is -0.207 e. The van der Waals surface area contributed by atoms with Crippen LogP contribution in [0.4, 0.5) is 4.39 Å². The first-order valence-corrected chi connectivity index (χ1v) is 7.53. The molecule has 0 bridgehead atoms. The van der Waals surface area contributed by atoms with E-state index in [0.29, 0.717) is 0 Å². The maximum absolute atomic E-state index is 13.4. The number of hydrogen-bond donors (Lipinski definition) is 0. The van der Waals surface area contributed by atoms with Crippen LogP contribution in [0.15, 0.2) is 60.7 Å². The Bertz CT molecular complexity index is 770. The highest BCUT2D eigenvalue weighted by Crippen LogP contribution is 2.37. The summed E-state index contributed by atoms with van der Waals surface area (Å²) in [6.07, 6.45) is 0. The van der Waals surface area contributed by atoms with E-state index >= 15 is 0 Å². The second-order valence-corrected chi connectivity index (χ2v) is 5.92. The van der Waals surface area contributed by atoms with Gasteiger partial charge in [-0.3, -0.25) is 0 Å². The second kappa shape index (κ2) is 5.55. The molecule has 0 aliphatic rings. The third-order valence-corrected chi connectivity index (χ3v) is 4.67. The summed E-state index contributed by atoms with van der Waals surface area (Å²) in [5.74, 6) is -0.231. The van der Waals surface area contributed by atoms with E-state index in [1.165, 1.54) is 6.07 Å². The van der Waals surface area contributed by atoms with Gasteiger partial charge in [-0.15, -0.1) is 0 Å². The maximum atomic E-state index is 13.4. The van der Waals surface area contributed by atoms with Crippen molar-refractivity contribution in [3.63, 3.8) is 0 Å². The van der Waals surface area contributed by atoms with Gasteiger partial charge >= 0.3 is 0 Å². The zero-order valence-corrected chi connectivity index (χ0v) is 12.8. The molecule has 20 heavy (non-hydrogen) atoms. The summed E-state index contributed by atoms with van der Waals surface area (Å²) >= 11 is 9.89. The highest BCUT2D eigenvalue weighted by atomic mass is 79.9. The van der Waals surface area contributed by atoms with E-state index in [4.69, 9.17) is 11.6 Å². The van der Waals surface area contributed by atoms with Gasteiger partial charge in [-0.25, -0.2) is 4.39 Å². The molecule has 3 aromatic carbocycles. The van der Waals surface area contributed by atoms with Crippen LogP contribution >= 0.6 is 27.5 Å². The molecule has 3 aromatic rings. The van der Waals surface area contributed by atoms with Crippen molar-refractivity contribution < 1.29 is 4.39 Å². The molecule has 0 amide bonds. The highest BCUT2D eigenvalue weighted by Gasteiger charge is 2.14. The molecule has 0 saturated heterocycles. The number of rotatable bonds is 2. The lowest BCUT2D eigenvalue weighted by atomic mass is 9.98. The van der Waals surface area contributed by atoms with E-state index in [1.54, 1.807) is 12.1 Å². The molecule has 1 unspecified atom stereocenters. The van der Waals surface area contributed by atoms with E-state index in [2.05, 4.69) is 15.9 Å². The summed E-state index contributed by atoms with van der Waals surface area (Å²) < 4.78 is 13.4. The Labute approximate surface area is 130 Å². The van der Waals surface area contributed by atoms with Gasteiger partial charge in [-0.1, -0.05) is 70.0 Å². The summed E-state index contributed by atoms with van der Waals surface area (Å²) in [4.78, 5) is -0.0691. The van der Waals surface area contributed by atoms with Crippen molar-refractivity contribution in [3.8, 4) is 0 Å². The van der Waals surface area contributed by atoms with Gasteiger partial charge in [0, 0.05) is 10.4 Å². The first-order chi connectivity index (χ1) is 9.66. The average molecular weight is 350 g/mol. The van der Waals surface area contributed by atoms with Gasteiger partial charge in [-0.2, -0.15) is 0 Å². The third-order valence-electron chi connectivity index (χ3n) is 3.32. The fraction of sp³-hybridized carbons (Fsp3) is 0.0588. The van der Waals surface area contributed by atoms with Crippen LogP contribution in [0.5, 0.6) is 0 Å². The lowest BCUT2D eigenvalue weighted by Gasteiger charge is -2.14. The Morgan fingerprint density at radius 1 is 0.900 bits per heavy atom. The monoisotopic (exact) mass is 348 g/mol. The molecule has 1 atom stereocenters. The highest BCUT2D eigenvalue weighted by molar-refractivity contribution is 9.09. The molecule has 100 valence electrons. The number of fused-ring (bicyclic) bond motifs is 1. The number of benzene rings is 3. The molecule has 0 radical (unpaired) electrons. The first-order valence-electron chi connectivity index (χ1n) is 6.23. The Kier molecular flexibility index (Phi) is 3.77. The first kappa shape index (κ1) is 13.6. The summed E-state index contributed by atoms with van der Waals surface area (Å²) in [5, 5.41) is 2.81. The van der Waals surface area contributed by atoms with Crippen LogP contribution in [-0.2, 0) is 0 Å². The molecular formula is C17H11BrClF. The van der Waals surface area contributed by atoms with Crippen molar-refractivity contribution in [2.45, 2.75) is 4.83 Å². The average Bonchev–Trinajstić information content (AvgIpc) is 2.47. The Hall–Kier alpha value is -1.38. The lowest BCUT2D eigenvalue weighted by Crippen LogP contribution is -1.95. The minimum absolute atomic E-state index is 0.0691. The van der Waals surface area contributed by atoms with Crippen LogP contribution in [-0.4, -0.2) is 0 Å². The molecule has 3 heteroatoms. The predicted molar refractivity (Wildman–Crippen MR) is 86.1 cm³/mol. The van der Waals surface area contributed by atoms with Gasteiger partial charge in [0.15, 0.2) is 0 Å². The molecule has 0 heterocycles. The van der Waals surface area contributed by atoms with Crippen LogP contribution < -0.4 is 0 Å². The van der Waals surface area contributed by atoms with Gasteiger partial charge in [0.05, 0.1) is 4.83 Å². The van der Waals surface area contributed by atoms with Crippen molar-refractivity contribution in [3.05, 3.63) is 82.6 Å². The van der Waals surface area contributed by atoms with Gasteiger partial charge in [0.1, 0.15) is 5.82 Å². The topological polar surface area (TPSA) is 0 Å². The molecule has 0 aliphatic heterocycles. The van der Waals surface area contributed by atoms with E-state index in [1.807, 2.05) is 42.5 Å². The Morgan fingerprint density at radius 2 is 1.65 bits per heavy atom. The second-order valence-electron chi connectivity index (χ2n) is 4.60. The van der Waals surface area contributed by atoms with E-state index in [9.17, 15) is 4.39 Å². The molecule has 3 rings (SSSR count). The van der Waals surface area contributed by atoms with E-state index < -0.39 is 0 Å². The van der Waals surface area contributed by atoms with E-state index in [-0.39, 0.29) is 10.6 Å². The summed E-state index contributed by atoms with van der Waals surface area (Å²) in [5.41, 5.74) is 1.97. The largest absolute Gasteiger partial charge is 0.207 e. The summed E-state index contributed by atoms with van der Waals surface area (Å²) in [7, 11) is 0. The van der Waals surface area contributed by atoms with Crippen molar-refractivity contribution >= 4 is 38.3 Å². The number of alkyl halides is 1. The summed E-state index contributed by atoms with van der Waals surface area (Å²) in [6.45, 7) is 0. The van der Waals surface area contributed by atoms with Crippen LogP contribution in [0.25, 0.3) is 10.8 Å². The van der Waals surface area contributed by atoms with Crippen LogP contribution in [0, 0.1) is 5.82 Å².